The SMILES string of the molecule is CCCCCC1COC(c2ccc(-c3ccc(-c4ncc(CC)c(F)n4)cc3)cc2)OC1. The Hall–Kier alpha value is -2.63. The van der Waals surface area contributed by atoms with Gasteiger partial charge in [0.05, 0.1) is 13.2 Å². The van der Waals surface area contributed by atoms with Crippen molar-refractivity contribution < 1.29 is 13.9 Å². The van der Waals surface area contributed by atoms with Gasteiger partial charge >= 0.3 is 0 Å². The summed E-state index contributed by atoms with van der Waals surface area (Å²) in [5.41, 5.74) is 4.54. The zero-order valence-corrected chi connectivity index (χ0v) is 18.9. The van der Waals surface area contributed by atoms with Gasteiger partial charge in [-0.15, -0.1) is 0 Å². The summed E-state index contributed by atoms with van der Waals surface area (Å²) in [5, 5.41) is 0. The van der Waals surface area contributed by atoms with Crippen molar-refractivity contribution in [3.63, 3.8) is 0 Å². The highest BCUT2D eigenvalue weighted by molar-refractivity contribution is 5.67. The molecule has 0 saturated carbocycles. The normalized spacial score (nSPS) is 18.6. The highest BCUT2D eigenvalue weighted by Gasteiger charge is 2.23. The summed E-state index contributed by atoms with van der Waals surface area (Å²) in [5.74, 6) is 0.462. The summed E-state index contributed by atoms with van der Waals surface area (Å²) in [6.07, 6.45) is 6.80. The molecule has 1 aliphatic heterocycles. The third-order valence-corrected chi connectivity index (χ3v) is 6.03. The monoisotopic (exact) mass is 434 g/mol. The van der Waals surface area contributed by atoms with Crippen LogP contribution >= 0.6 is 0 Å². The van der Waals surface area contributed by atoms with Crippen molar-refractivity contribution in [1.29, 1.82) is 0 Å². The van der Waals surface area contributed by atoms with Gasteiger partial charge in [0.1, 0.15) is 0 Å². The predicted molar refractivity (Wildman–Crippen MR) is 125 cm³/mol. The summed E-state index contributed by atoms with van der Waals surface area (Å²) in [6, 6.07) is 16.2. The van der Waals surface area contributed by atoms with Crippen molar-refractivity contribution in [2.24, 2.45) is 5.92 Å². The zero-order valence-electron chi connectivity index (χ0n) is 18.9. The summed E-state index contributed by atoms with van der Waals surface area (Å²) >= 11 is 0. The predicted octanol–water partition coefficient (Wildman–Crippen LogP) is 6.75. The number of ether oxygens (including phenoxy) is 2. The highest BCUT2D eigenvalue weighted by atomic mass is 19.1. The molecule has 1 fully saturated rings. The van der Waals surface area contributed by atoms with Crippen molar-refractivity contribution in [2.45, 2.75) is 52.2 Å². The van der Waals surface area contributed by atoms with Gasteiger partial charge in [-0.1, -0.05) is 81.6 Å². The summed E-state index contributed by atoms with van der Waals surface area (Å²) in [6.45, 7) is 5.64. The van der Waals surface area contributed by atoms with E-state index in [1.54, 1.807) is 6.20 Å². The number of hydrogen-bond acceptors (Lipinski definition) is 4. The molecule has 0 atom stereocenters. The van der Waals surface area contributed by atoms with E-state index >= 15 is 0 Å². The molecule has 4 nitrogen and oxygen atoms in total. The van der Waals surface area contributed by atoms with E-state index in [1.165, 1.54) is 25.7 Å². The fourth-order valence-electron chi connectivity index (χ4n) is 3.99. The van der Waals surface area contributed by atoms with E-state index in [0.717, 1.165) is 35.5 Å². The molecule has 168 valence electrons. The van der Waals surface area contributed by atoms with Gasteiger partial charge < -0.3 is 9.47 Å². The topological polar surface area (TPSA) is 44.2 Å². The molecule has 2 aromatic carbocycles. The Balaban J connectivity index is 1.38. The minimum atomic E-state index is -0.448. The fourth-order valence-corrected chi connectivity index (χ4v) is 3.99. The minimum absolute atomic E-state index is 0.285. The number of aryl methyl sites for hydroxylation is 1. The molecule has 0 bridgehead atoms. The Bertz CT molecular complexity index is 997. The maximum atomic E-state index is 14.0. The summed E-state index contributed by atoms with van der Waals surface area (Å²) in [7, 11) is 0. The van der Waals surface area contributed by atoms with Gasteiger partial charge in [0.15, 0.2) is 12.1 Å². The van der Waals surface area contributed by atoms with Crippen LogP contribution in [0.2, 0.25) is 0 Å². The second kappa shape index (κ2) is 10.8. The summed E-state index contributed by atoms with van der Waals surface area (Å²) < 4.78 is 25.9. The van der Waals surface area contributed by atoms with Crippen LogP contribution in [0.4, 0.5) is 4.39 Å². The summed E-state index contributed by atoms with van der Waals surface area (Å²) in [4.78, 5) is 8.29. The molecular formula is C27H31FN2O2. The second-order valence-electron chi connectivity index (χ2n) is 8.42. The highest BCUT2D eigenvalue weighted by Crippen LogP contribution is 2.30. The molecule has 1 saturated heterocycles. The molecular weight excluding hydrogens is 403 g/mol. The van der Waals surface area contributed by atoms with E-state index < -0.39 is 5.95 Å². The number of rotatable bonds is 8. The number of nitrogens with zero attached hydrogens (tertiary/aromatic N) is 2. The number of unbranched alkanes of at least 4 members (excludes halogenated alkanes) is 2. The van der Waals surface area contributed by atoms with Crippen LogP contribution in [0.25, 0.3) is 22.5 Å². The quantitative estimate of drug-likeness (QED) is 0.290. The Morgan fingerprint density at radius 1 is 0.875 bits per heavy atom. The lowest BCUT2D eigenvalue weighted by atomic mass is 10.0. The maximum absolute atomic E-state index is 14.0. The molecule has 5 heteroatoms. The van der Waals surface area contributed by atoms with E-state index in [9.17, 15) is 4.39 Å². The van der Waals surface area contributed by atoms with E-state index in [2.05, 4.69) is 41.2 Å². The van der Waals surface area contributed by atoms with Crippen LogP contribution in [-0.4, -0.2) is 23.2 Å². The molecule has 0 N–H and O–H groups in total. The first kappa shape index (κ1) is 22.6. The van der Waals surface area contributed by atoms with Crippen molar-refractivity contribution >= 4 is 0 Å². The Morgan fingerprint density at radius 3 is 2.09 bits per heavy atom. The molecule has 32 heavy (non-hydrogen) atoms. The van der Waals surface area contributed by atoms with Crippen LogP contribution in [0.5, 0.6) is 0 Å². The number of hydrogen-bond donors (Lipinski definition) is 0. The molecule has 1 aliphatic rings. The first-order chi connectivity index (χ1) is 15.7. The van der Waals surface area contributed by atoms with Crippen molar-refractivity contribution in [1.82, 2.24) is 9.97 Å². The van der Waals surface area contributed by atoms with Crippen LogP contribution in [-0.2, 0) is 15.9 Å². The van der Waals surface area contributed by atoms with Crippen molar-refractivity contribution in [3.8, 4) is 22.5 Å². The molecule has 0 spiro atoms. The van der Waals surface area contributed by atoms with Crippen LogP contribution in [0.3, 0.4) is 0 Å². The zero-order chi connectivity index (χ0) is 22.3. The lowest BCUT2D eigenvalue weighted by molar-refractivity contribution is -0.206. The third kappa shape index (κ3) is 5.40. The van der Waals surface area contributed by atoms with Crippen LogP contribution in [0.15, 0.2) is 54.7 Å². The van der Waals surface area contributed by atoms with E-state index in [-0.39, 0.29) is 6.29 Å². The average Bonchev–Trinajstić information content (AvgIpc) is 2.85. The Morgan fingerprint density at radius 2 is 1.50 bits per heavy atom. The fraction of sp³-hybridized carbons (Fsp3) is 0.407. The van der Waals surface area contributed by atoms with E-state index in [1.807, 2.05) is 31.2 Å². The molecule has 0 unspecified atom stereocenters. The standard InChI is InChI=1S/C27H31FN2O2/c1-3-5-6-7-19-17-31-27(32-18-19)24-14-10-22(11-15-24)21-8-12-23(13-9-21)26-29-16-20(4-2)25(28)30-26/h8-16,19,27H,3-7,17-18H2,1-2H3. The van der Waals surface area contributed by atoms with Crippen molar-refractivity contribution in [3.05, 3.63) is 71.8 Å². The first-order valence-electron chi connectivity index (χ1n) is 11.6. The molecule has 3 aromatic rings. The molecule has 2 heterocycles. The third-order valence-electron chi connectivity index (χ3n) is 6.03. The van der Waals surface area contributed by atoms with Crippen LogP contribution in [0, 0.1) is 11.9 Å². The molecule has 0 aliphatic carbocycles. The average molecular weight is 435 g/mol. The number of halogens is 1. The molecule has 4 rings (SSSR count). The van der Waals surface area contributed by atoms with Gasteiger partial charge in [-0.2, -0.15) is 9.37 Å². The minimum Gasteiger partial charge on any atom is -0.348 e. The lowest BCUT2D eigenvalue weighted by Gasteiger charge is -2.29. The molecule has 0 amide bonds. The van der Waals surface area contributed by atoms with E-state index in [4.69, 9.17) is 9.47 Å². The second-order valence-corrected chi connectivity index (χ2v) is 8.42. The van der Waals surface area contributed by atoms with Gasteiger partial charge in [-0.25, -0.2) is 4.98 Å². The Kier molecular flexibility index (Phi) is 7.61. The smallest absolute Gasteiger partial charge is 0.219 e. The van der Waals surface area contributed by atoms with Gasteiger partial charge in [-0.05, 0) is 24.0 Å². The van der Waals surface area contributed by atoms with E-state index in [0.29, 0.717) is 23.7 Å². The van der Waals surface area contributed by atoms with Gasteiger partial charge in [0.2, 0.25) is 5.95 Å². The largest absolute Gasteiger partial charge is 0.348 e. The number of benzene rings is 2. The lowest BCUT2D eigenvalue weighted by Crippen LogP contribution is -2.27. The van der Waals surface area contributed by atoms with Gasteiger partial charge in [-0.3, -0.25) is 0 Å². The van der Waals surface area contributed by atoms with Crippen molar-refractivity contribution in [2.75, 3.05) is 13.2 Å². The first-order valence-corrected chi connectivity index (χ1v) is 11.6. The van der Waals surface area contributed by atoms with Gasteiger partial charge in [0.25, 0.3) is 0 Å². The van der Waals surface area contributed by atoms with Crippen LogP contribution in [0.1, 0.15) is 56.9 Å². The Labute approximate surface area is 189 Å². The maximum Gasteiger partial charge on any atom is 0.219 e. The number of aromatic nitrogens is 2. The molecule has 0 radical (unpaired) electrons. The molecule has 1 aromatic heterocycles. The van der Waals surface area contributed by atoms with Crippen LogP contribution < -0.4 is 0 Å². The van der Waals surface area contributed by atoms with Gasteiger partial charge in [0, 0.05) is 28.8 Å².